The summed E-state index contributed by atoms with van der Waals surface area (Å²) in [7, 11) is 0. The number of aromatic amines is 1. The van der Waals surface area contributed by atoms with E-state index in [1.54, 1.807) is 0 Å². The molecule has 2 heterocycles. The number of hydrogen-bond donors (Lipinski definition) is 3. The van der Waals surface area contributed by atoms with E-state index in [-0.39, 0.29) is 19.4 Å². The first-order chi connectivity index (χ1) is 8.61. The van der Waals surface area contributed by atoms with Gasteiger partial charge >= 0.3 is 11.9 Å². The normalized spacial score (nSPS) is 9.56. The summed E-state index contributed by atoms with van der Waals surface area (Å²) in [5.74, 6) is -1.58. The Morgan fingerprint density at radius 1 is 1.28 bits per heavy atom. The molecule has 2 aromatic heterocycles. The minimum atomic E-state index is -1.01. The molecule has 2 rings (SSSR count). The lowest BCUT2D eigenvalue weighted by atomic mass is 10.4. The smallest absolute Gasteiger partial charge is 0.311 e. The molecule has 0 aliphatic rings. The fraction of sp³-hybridized carbons (Fsp3) is 0.250. The van der Waals surface area contributed by atoms with Crippen molar-refractivity contribution in [2.24, 2.45) is 0 Å². The van der Waals surface area contributed by atoms with Crippen LogP contribution in [0.5, 0.6) is 0 Å². The first-order valence-corrected chi connectivity index (χ1v) is 5.35. The van der Waals surface area contributed by atoms with E-state index in [0.29, 0.717) is 0 Å². The maximum atomic E-state index is 10.5. The van der Waals surface area contributed by atoms with Crippen LogP contribution in [0, 0.1) is 5.41 Å². The highest BCUT2D eigenvalue weighted by Crippen LogP contribution is 2.07. The number of carbonyl (C=O) groups excluding carboxylic acids is 1. The summed E-state index contributed by atoms with van der Waals surface area (Å²) >= 11 is 0. The molecule has 0 aliphatic heterocycles. The predicted octanol–water partition coefficient (Wildman–Crippen LogP) is 1.65. The molecule has 0 atom stereocenters. The second kappa shape index (κ2) is 7.05. The Bertz CT molecular complexity index is 461. The van der Waals surface area contributed by atoms with Crippen LogP contribution >= 0.6 is 0 Å². The summed E-state index contributed by atoms with van der Waals surface area (Å²) in [5.41, 5.74) is 2.44. The topological polar surface area (TPSA) is 103 Å². The fourth-order valence-electron chi connectivity index (χ4n) is 1.20. The molecule has 6 nitrogen and oxygen atoms in total. The number of benzene rings is 1. The largest absolute Gasteiger partial charge is 0.481 e. The number of fused-ring (bicyclic) bond motifs is 2. The molecule has 2 bridgehead atoms. The molecule has 96 valence electrons. The van der Waals surface area contributed by atoms with Crippen LogP contribution in [-0.4, -0.2) is 34.9 Å². The van der Waals surface area contributed by atoms with Crippen molar-refractivity contribution in [3.8, 4) is 0 Å². The molecule has 0 fully saturated rings. The molecule has 0 radical (unpaired) electrons. The molecule has 0 unspecified atom stereocenters. The summed E-state index contributed by atoms with van der Waals surface area (Å²) in [5, 5.41) is 14.6. The van der Waals surface area contributed by atoms with Gasteiger partial charge in [-0.1, -0.05) is 0 Å². The molecule has 0 amide bonds. The third-order valence-corrected chi connectivity index (χ3v) is 2.02. The third kappa shape index (κ3) is 5.11. The Labute approximate surface area is 103 Å². The first-order valence-electron chi connectivity index (χ1n) is 5.35. The van der Waals surface area contributed by atoms with Crippen molar-refractivity contribution in [2.75, 3.05) is 6.61 Å². The molecular formula is C12H14N2O4. The van der Waals surface area contributed by atoms with Gasteiger partial charge < -0.3 is 20.2 Å². The van der Waals surface area contributed by atoms with E-state index in [4.69, 9.17) is 10.5 Å². The molecule has 3 N–H and O–H groups in total. The van der Waals surface area contributed by atoms with Crippen molar-refractivity contribution in [3.05, 3.63) is 24.3 Å². The van der Waals surface area contributed by atoms with Crippen LogP contribution in [0.2, 0.25) is 0 Å². The number of hydrogen-bond acceptors (Lipinski definition) is 4. The number of carboxylic acids is 1. The van der Waals surface area contributed by atoms with Crippen LogP contribution in [0.1, 0.15) is 12.8 Å². The molecule has 0 spiro atoms. The van der Waals surface area contributed by atoms with Gasteiger partial charge in [0.25, 0.3) is 0 Å². The fourth-order valence-corrected chi connectivity index (χ4v) is 1.20. The molecule has 0 aliphatic carbocycles. The molecular weight excluding hydrogens is 236 g/mol. The Hall–Kier alpha value is -2.37. The average Bonchev–Trinajstić information content (AvgIpc) is 2.93. The van der Waals surface area contributed by atoms with Gasteiger partial charge in [-0.2, -0.15) is 0 Å². The Balaban J connectivity index is 0.000000194. The second-order valence-electron chi connectivity index (χ2n) is 3.47. The lowest BCUT2D eigenvalue weighted by molar-refractivity contribution is -0.145. The van der Waals surface area contributed by atoms with E-state index in [9.17, 15) is 9.59 Å². The number of carbonyl (C=O) groups is 2. The van der Waals surface area contributed by atoms with Gasteiger partial charge in [-0.05, 0) is 24.3 Å². The average molecular weight is 250 g/mol. The predicted molar refractivity (Wildman–Crippen MR) is 66.1 cm³/mol. The number of aromatic nitrogens is 1. The summed E-state index contributed by atoms with van der Waals surface area (Å²) in [6.07, 6.45) is 0.618. The lowest BCUT2D eigenvalue weighted by Crippen LogP contribution is -2.09. The molecule has 2 aromatic rings. The van der Waals surface area contributed by atoms with E-state index in [2.05, 4.69) is 34.0 Å². The van der Waals surface area contributed by atoms with Crippen molar-refractivity contribution in [2.45, 2.75) is 12.8 Å². The van der Waals surface area contributed by atoms with Crippen LogP contribution in [0.15, 0.2) is 24.3 Å². The van der Waals surface area contributed by atoms with E-state index in [1.165, 1.54) is 11.0 Å². The molecule has 0 saturated heterocycles. The van der Waals surface area contributed by atoms with Crippen LogP contribution in [0.25, 0.3) is 11.0 Å². The van der Waals surface area contributed by atoms with Gasteiger partial charge in [0, 0.05) is 17.2 Å². The van der Waals surface area contributed by atoms with Gasteiger partial charge in [0.1, 0.15) is 6.61 Å². The van der Waals surface area contributed by atoms with Gasteiger partial charge in [0.2, 0.25) is 0 Å². The SMILES string of the molecule is N=CCC(=O)OCCC(=O)O.c1cc2ccc1[nH]2. The Morgan fingerprint density at radius 2 is 1.83 bits per heavy atom. The highest BCUT2D eigenvalue weighted by atomic mass is 16.5. The van der Waals surface area contributed by atoms with Gasteiger partial charge in [-0.15, -0.1) is 0 Å². The summed E-state index contributed by atoms with van der Waals surface area (Å²) < 4.78 is 4.42. The maximum absolute atomic E-state index is 10.5. The van der Waals surface area contributed by atoms with Crippen LogP contribution < -0.4 is 0 Å². The Morgan fingerprint density at radius 3 is 2.17 bits per heavy atom. The zero-order valence-electron chi connectivity index (χ0n) is 9.68. The van der Waals surface area contributed by atoms with Crippen molar-refractivity contribution in [1.29, 1.82) is 5.41 Å². The molecule has 0 aromatic carbocycles. The van der Waals surface area contributed by atoms with Crippen LogP contribution in [-0.2, 0) is 14.3 Å². The first kappa shape index (κ1) is 13.7. The van der Waals surface area contributed by atoms with E-state index >= 15 is 0 Å². The molecule has 18 heavy (non-hydrogen) atoms. The number of esters is 1. The van der Waals surface area contributed by atoms with Crippen molar-refractivity contribution in [3.63, 3.8) is 0 Å². The number of carboxylic acid groups (broad SMARTS) is 1. The minimum absolute atomic E-state index is 0.0976. The zero-order valence-corrected chi connectivity index (χ0v) is 9.68. The highest BCUT2D eigenvalue weighted by molar-refractivity contribution is 5.84. The van der Waals surface area contributed by atoms with Crippen molar-refractivity contribution >= 4 is 29.2 Å². The van der Waals surface area contributed by atoms with Gasteiger partial charge in [-0.3, -0.25) is 9.59 Å². The summed E-state index contributed by atoms with van der Waals surface area (Å²) in [4.78, 5) is 23.5. The standard InChI is InChI=1S/C6H9NO4.C6H5N/c7-3-1-6(10)11-4-2-5(8)9;1-2-6-4-3-5(1)7-6/h3,7H,1-2,4H2,(H,8,9);1-4,7H. The maximum Gasteiger partial charge on any atom is 0.311 e. The Kier molecular flexibility index (Phi) is 5.37. The van der Waals surface area contributed by atoms with Crippen LogP contribution in [0.3, 0.4) is 0 Å². The number of H-pyrrole nitrogens is 1. The zero-order chi connectivity index (χ0) is 13.4. The number of rotatable bonds is 5. The van der Waals surface area contributed by atoms with Gasteiger partial charge in [0.05, 0.1) is 12.8 Å². The monoisotopic (exact) mass is 250 g/mol. The van der Waals surface area contributed by atoms with Gasteiger partial charge in [0.15, 0.2) is 0 Å². The van der Waals surface area contributed by atoms with Crippen molar-refractivity contribution < 1.29 is 19.4 Å². The highest BCUT2D eigenvalue weighted by Gasteiger charge is 2.01. The number of nitrogens with one attached hydrogen (secondary N) is 2. The summed E-state index contributed by atoms with van der Waals surface area (Å²) in [6, 6.07) is 8.26. The minimum Gasteiger partial charge on any atom is -0.481 e. The second-order valence-corrected chi connectivity index (χ2v) is 3.47. The molecule has 6 heteroatoms. The lowest BCUT2D eigenvalue weighted by Gasteiger charge is -1.98. The summed E-state index contributed by atoms with van der Waals surface area (Å²) in [6.45, 7) is -0.123. The number of ether oxygens (including phenoxy) is 1. The third-order valence-electron chi connectivity index (χ3n) is 2.02. The van der Waals surface area contributed by atoms with E-state index in [0.717, 1.165) is 6.21 Å². The quantitative estimate of drug-likeness (QED) is 0.554. The molecule has 0 saturated carbocycles. The number of aliphatic carboxylic acids is 1. The van der Waals surface area contributed by atoms with E-state index < -0.39 is 11.9 Å². The van der Waals surface area contributed by atoms with Gasteiger partial charge in [-0.25, -0.2) is 0 Å². The van der Waals surface area contributed by atoms with E-state index in [1.807, 2.05) is 0 Å². The van der Waals surface area contributed by atoms with Crippen molar-refractivity contribution in [1.82, 2.24) is 4.98 Å². The van der Waals surface area contributed by atoms with Crippen LogP contribution in [0.4, 0.5) is 0 Å².